The fourth-order valence-corrected chi connectivity index (χ4v) is 1.46. The van der Waals surface area contributed by atoms with Gasteiger partial charge in [-0.05, 0) is 6.42 Å². The third-order valence-corrected chi connectivity index (χ3v) is 2.64. The first-order chi connectivity index (χ1) is 7.28. The molecule has 16 heavy (non-hydrogen) atoms. The number of hydrogen-bond acceptors (Lipinski definition) is 5. The summed E-state index contributed by atoms with van der Waals surface area (Å²) < 4.78 is 9.62. The van der Waals surface area contributed by atoms with Crippen LogP contribution in [0.5, 0.6) is 0 Å². The molecule has 1 fully saturated rings. The van der Waals surface area contributed by atoms with Gasteiger partial charge in [0.2, 0.25) is 5.92 Å². The van der Waals surface area contributed by atoms with Crippen LogP contribution in [0, 0.1) is 5.92 Å². The summed E-state index contributed by atoms with van der Waals surface area (Å²) in [4.78, 5) is 34.6. The molecule has 5 nitrogen and oxygen atoms in total. The molecule has 0 aromatic rings. The van der Waals surface area contributed by atoms with Crippen molar-refractivity contribution in [2.24, 2.45) is 5.92 Å². The van der Waals surface area contributed by atoms with Crippen molar-refractivity contribution in [3.05, 3.63) is 0 Å². The molecule has 0 saturated carbocycles. The van der Waals surface area contributed by atoms with Gasteiger partial charge in [-0.3, -0.25) is 14.4 Å². The maximum atomic E-state index is 11.6. The van der Waals surface area contributed by atoms with Gasteiger partial charge in [0.15, 0.2) is 5.78 Å². The molecule has 0 spiro atoms. The van der Waals surface area contributed by atoms with Crippen LogP contribution in [0.3, 0.4) is 0 Å². The minimum absolute atomic E-state index is 0.334. The number of Topliss-reactive ketones (excluding diaryl/α,β-unsaturated/α-hetero) is 1. The topological polar surface area (TPSA) is 69.7 Å². The molecule has 0 radical (unpaired) electrons. The number of hydrogen-bond donors (Lipinski definition) is 0. The molecule has 0 bridgehead atoms. The van der Waals surface area contributed by atoms with Crippen molar-refractivity contribution < 1.29 is 23.9 Å². The van der Waals surface area contributed by atoms with Gasteiger partial charge < -0.3 is 9.47 Å². The minimum atomic E-state index is -1.55. The third-order valence-electron chi connectivity index (χ3n) is 2.12. The standard InChI is InChI=1S/C10H13ClO5/c1-4-5(11)7(12)6-8(13)15-10(2,3)16-9(6)14/h5-6H,4H2,1-3H3. The van der Waals surface area contributed by atoms with Crippen molar-refractivity contribution in [2.45, 2.75) is 38.4 Å². The Morgan fingerprint density at radius 3 is 2.19 bits per heavy atom. The number of rotatable bonds is 3. The van der Waals surface area contributed by atoms with E-state index in [1.807, 2.05) is 0 Å². The lowest BCUT2D eigenvalue weighted by Crippen LogP contribution is -2.50. The number of cyclic esters (lactones) is 2. The van der Waals surface area contributed by atoms with Crippen LogP contribution < -0.4 is 0 Å². The minimum Gasteiger partial charge on any atom is -0.422 e. The molecule has 0 aromatic heterocycles. The third kappa shape index (κ3) is 2.52. The predicted octanol–water partition coefficient (Wildman–Crippen LogP) is 1.03. The van der Waals surface area contributed by atoms with Crippen molar-refractivity contribution in [3.8, 4) is 0 Å². The summed E-state index contributed by atoms with van der Waals surface area (Å²) >= 11 is 5.69. The van der Waals surface area contributed by atoms with E-state index in [-0.39, 0.29) is 0 Å². The van der Waals surface area contributed by atoms with Gasteiger partial charge in [0.1, 0.15) is 0 Å². The van der Waals surface area contributed by atoms with E-state index in [1.54, 1.807) is 6.92 Å². The van der Waals surface area contributed by atoms with Gasteiger partial charge in [0.25, 0.3) is 5.79 Å². The molecule has 1 aliphatic rings. The first-order valence-electron chi connectivity index (χ1n) is 4.92. The lowest BCUT2D eigenvalue weighted by molar-refractivity contribution is -0.238. The summed E-state index contributed by atoms with van der Waals surface area (Å²) in [5.74, 6) is -5.33. The maximum Gasteiger partial charge on any atom is 0.331 e. The van der Waals surface area contributed by atoms with Gasteiger partial charge in [-0.25, -0.2) is 0 Å². The Morgan fingerprint density at radius 2 is 1.81 bits per heavy atom. The molecule has 1 aliphatic heterocycles. The van der Waals surface area contributed by atoms with E-state index >= 15 is 0 Å². The van der Waals surface area contributed by atoms with Gasteiger partial charge in [-0.2, -0.15) is 0 Å². The molecular weight excluding hydrogens is 236 g/mol. The summed E-state index contributed by atoms with van der Waals surface area (Å²) in [5.41, 5.74) is 0. The highest BCUT2D eigenvalue weighted by Crippen LogP contribution is 2.25. The van der Waals surface area contributed by atoms with Crippen molar-refractivity contribution in [1.82, 2.24) is 0 Å². The fraction of sp³-hybridized carbons (Fsp3) is 0.700. The largest absolute Gasteiger partial charge is 0.422 e. The van der Waals surface area contributed by atoms with Gasteiger partial charge in [0.05, 0.1) is 5.38 Å². The predicted molar refractivity (Wildman–Crippen MR) is 54.7 cm³/mol. The molecule has 90 valence electrons. The van der Waals surface area contributed by atoms with E-state index in [0.717, 1.165) is 0 Å². The van der Waals surface area contributed by atoms with Gasteiger partial charge in [-0.15, -0.1) is 11.6 Å². The van der Waals surface area contributed by atoms with E-state index in [2.05, 4.69) is 0 Å². The molecule has 1 heterocycles. The summed E-state index contributed by atoms with van der Waals surface area (Å²) in [6, 6.07) is 0. The number of esters is 2. The van der Waals surface area contributed by atoms with E-state index in [4.69, 9.17) is 21.1 Å². The highest BCUT2D eigenvalue weighted by atomic mass is 35.5. The maximum absolute atomic E-state index is 11.6. The molecule has 1 atom stereocenters. The average Bonchev–Trinajstić information content (AvgIpc) is 2.13. The van der Waals surface area contributed by atoms with Gasteiger partial charge in [-0.1, -0.05) is 6.92 Å². The molecule has 6 heteroatoms. The van der Waals surface area contributed by atoms with Crippen molar-refractivity contribution >= 4 is 29.3 Å². The highest BCUT2D eigenvalue weighted by Gasteiger charge is 2.48. The number of ketones is 1. The highest BCUT2D eigenvalue weighted by molar-refractivity contribution is 6.35. The Morgan fingerprint density at radius 1 is 1.38 bits per heavy atom. The molecule has 0 aliphatic carbocycles. The van der Waals surface area contributed by atoms with E-state index < -0.39 is 34.8 Å². The zero-order chi connectivity index (χ0) is 12.5. The van der Waals surface area contributed by atoms with Crippen LogP contribution in [0.1, 0.15) is 27.2 Å². The summed E-state index contributed by atoms with van der Waals surface area (Å²) in [6.45, 7) is 4.52. The Kier molecular flexibility index (Phi) is 3.57. The van der Waals surface area contributed by atoms with Crippen LogP contribution in [-0.2, 0) is 23.9 Å². The molecule has 0 N–H and O–H groups in total. The Balaban J connectivity index is 2.87. The summed E-state index contributed by atoms with van der Waals surface area (Å²) in [7, 11) is 0. The second-order valence-electron chi connectivity index (χ2n) is 3.95. The first kappa shape index (κ1) is 13.0. The molecular formula is C10H13ClO5. The Labute approximate surface area is 98.0 Å². The van der Waals surface area contributed by atoms with Crippen LogP contribution in [0.25, 0.3) is 0 Å². The van der Waals surface area contributed by atoms with Crippen LogP contribution in [0.4, 0.5) is 0 Å². The summed E-state index contributed by atoms with van der Waals surface area (Å²) in [6.07, 6.45) is 0.334. The second-order valence-corrected chi connectivity index (χ2v) is 4.48. The Bertz CT molecular complexity index is 316. The van der Waals surface area contributed by atoms with Crippen molar-refractivity contribution in [3.63, 3.8) is 0 Å². The molecule has 1 unspecified atom stereocenters. The number of alkyl halides is 1. The monoisotopic (exact) mass is 248 g/mol. The SMILES string of the molecule is CCC(Cl)C(=O)C1C(=O)OC(C)(C)OC1=O. The van der Waals surface area contributed by atoms with Crippen LogP contribution in [0.15, 0.2) is 0 Å². The van der Waals surface area contributed by atoms with Gasteiger partial charge in [0, 0.05) is 13.8 Å². The number of carbonyl (C=O) groups excluding carboxylic acids is 3. The van der Waals surface area contributed by atoms with E-state index in [1.165, 1.54) is 13.8 Å². The molecule has 0 aromatic carbocycles. The number of carbonyl (C=O) groups is 3. The lowest BCUT2D eigenvalue weighted by Gasteiger charge is -2.32. The van der Waals surface area contributed by atoms with Crippen molar-refractivity contribution in [1.29, 1.82) is 0 Å². The second kappa shape index (κ2) is 4.41. The molecule has 1 rings (SSSR count). The Hall–Kier alpha value is -1.10. The van der Waals surface area contributed by atoms with Crippen LogP contribution in [0.2, 0.25) is 0 Å². The smallest absolute Gasteiger partial charge is 0.331 e. The normalized spacial score (nSPS) is 22.2. The molecule has 1 saturated heterocycles. The zero-order valence-corrected chi connectivity index (χ0v) is 10.0. The fourth-order valence-electron chi connectivity index (χ4n) is 1.33. The first-order valence-corrected chi connectivity index (χ1v) is 5.35. The lowest BCUT2D eigenvalue weighted by atomic mass is 9.99. The van der Waals surface area contributed by atoms with Crippen LogP contribution in [-0.4, -0.2) is 28.9 Å². The number of halogens is 1. The average molecular weight is 249 g/mol. The van der Waals surface area contributed by atoms with Crippen molar-refractivity contribution in [2.75, 3.05) is 0 Å². The quantitative estimate of drug-likeness (QED) is 0.424. The molecule has 0 amide bonds. The summed E-state index contributed by atoms with van der Waals surface area (Å²) in [5, 5.41) is -0.883. The van der Waals surface area contributed by atoms with Crippen LogP contribution >= 0.6 is 11.6 Å². The number of ether oxygens (including phenoxy) is 2. The van der Waals surface area contributed by atoms with E-state index in [0.29, 0.717) is 6.42 Å². The van der Waals surface area contributed by atoms with E-state index in [9.17, 15) is 14.4 Å². The van der Waals surface area contributed by atoms with Gasteiger partial charge >= 0.3 is 11.9 Å². The zero-order valence-electron chi connectivity index (χ0n) is 9.28.